The molecule has 1 aliphatic rings. The standard InChI is InChI=1S/C21H19F2N3O2/c1-3-9-26-10-14-18(21(26)27)19(24)11-7-8-13(23)17(20(11)25-14)16-12(22)5-4-6-15(16)28-2/h4-8H,3,9-10H2,1-2H3,(H2,24,25). The van der Waals surface area contributed by atoms with Crippen LogP contribution in [-0.4, -0.2) is 29.4 Å². The van der Waals surface area contributed by atoms with E-state index in [4.69, 9.17) is 10.5 Å². The molecule has 0 unspecified atom stereocenters. The van der Waals surface area contributed by atoms with E-state index in [2.05, 4.69) is 4.98 Å². The van der Waals surface area contributed by atoms with Gasteiger partial charge in [-0.15, -0.1) is 0 Å². The van der Waals surface area contributed by atoms with E-state index in [1.165, 1.54) is 31.4 Å². The number of hydrogen-bond donors (Lipinski definition) is 1. The average molecular weight is 383 g/mol. The van der Waals surface area contributed by atoms with Crippen LogP contribution in [0, 0.1) is 11.6 Å². The van der Waals surface area contributed by atoms with Crippen molar-refractivity contribution in [3.8, 4) is 16.9 Å². The van der Waals surface area contributed by atoms with Crippen LogP contribution in [0.3, 0.4) is 0 Å². The molecule has 4 rings (SSSR count). The summed E-state index contributed by atoms with van der Waals surface area (Å²) in [5.41, 5.74) is 7.52. The predicted molar refractivity (Wildman–Crippen MR) is 103 cm³/mol. The Balaban J connectivity index is 2.04. The first-order valence-corrected chi connectivity index (χ1v) is 9.00. The van der Waals surface area contributed by atoms with Crippen LogP contribution in [-0.2, 0) is 6.54 Å². The van der Waals surface area contributed by atoms with Gasteiger partial charge in [-0.1, -0.05) is 13.0 Å². The Kier molecular flexibility index (Phi) is 4.37. The minimum Gasteiger partial charge on any atom is -0.496 e. The van der Waals surface area contributed by atoms with Gasteiger partial charge in [0.05, 0.1) is 47.2 Å². The third-order valence-corrected chi connectivity index (χ3v) is 5.00. The molecule has 0 fully saturated rings. The topological polar surface area (TPSA) is 68.5 Å². The number of rotatable bonds is 4. The number of halogens is 2. The summed E-state index contributed by atoms with van der Waals surface area (Å²) in [4.78, 5) is 18.9. The molecule has 2 heterocycles. The van der Waals surface area contributed by atoms with Crippen LogP contribution in [0.1, 0.15) is 29.4 Å². The zero-order valence-corrected chi connectivity index (χ0v) is 15.6. The Morgan fingerprint density at radius 2 is 1.89 bits per heavy atom. The maximum atomic E-state index is 14.9. The van der Waals surface area contributed by atoms with Crippen molar-refractivity contribution in [1.29, 1.82) is 0 Å². The molecule has 2 N–H and O–H groups in total. The van der Waals surface area contributed by atoms with Gasteiger partial charge in [-0.05, 0) is 30.7 Å². The number of carbonyl (C=O) groups excluding carboxylic acids is 1. The third kappa shape index (κ3) is 2.58. The molecule has 0 aliphatic carbocycles. The first kappa shape index (κ1) is 18.2. The van der Waals surface area contributed by atoms with Crippen molar-refractivity contribution in [1.82, 2.24) is 9.88 Å². The highest BCUT2D eigenvalue weighted by Crippen LogP contribution is 2.41. The first-order valence-electron chi connectivity index (χ1n) is 9.00. The largest absolute Gasteiger partial charge is 0.496 e. The fourth-order valence-electron chi connectivity index (χ4n) is 3.75. The van der Waals surface area contributed by atoms with Crippen molar-refractivity contribution in [2.45, 2.75) is 19.9 Å². The fraction of sp³-hybridized carbons (Fsp3) is 0.238. The number of ether oxygens (including phenoxy) is 1. The number of methoxy groups -OCH3 is 1. The maximum Gasteiger partial charge on any atom is 0.258 e. The van der Waals surface area contributed by atoms with Gasteiger partial charge in [0.15, 0.2) is 0 Å². The average Bonchev–Trinajstić information content (AvgIpc) is 2.98. The van der Waals surface area contributed by atoms with Crippen LogP contribution in [0.5, 0.6) is 5.75 Å². The molecule has 0 saturated carbocycles. The summed E-state index contributed by atoms with van der Waals surface area (Å²) in [5.74, 6) is -1.26. The monoisotopic (exact) mass is 383 g/mol. The summed E-state index contributed by atoms with van der Waals surface area (Å²) in [6.45, 7) is 2.85. The van der Waals surface area contributed by atoms with E-state index in [1.54, 1.807) is 11.0 Å². The van der Waals surface area contributed by atoms with Crippen LogP contribution in [0.15, 0.2) is 30.3 Å². The van der Waals surface area contributed by atoms with Crippen LogP contribution in [0.25, 0.3) is 22.0 Å². The molecule has 0 atom stereocenters. The minimum absolute atomic E-state index is 0.0188. The summed E-state index contributed by atoms with van der Waals surface area (Å²) in [6, 6.07) is 6.96. The molecule has 144 valence electrons. The third-order valence-electron chi connectivity index (χ3n) is 5.00. The van der Waals surface area contributed by atoms with Crippen molar-refractivity contribution in [3.63, 3.8) is 0 Å². The van der Waals surface area contributed by atoms with Crippen molar-refractivity contribution < 1.29 is 18.3 Å². The second kappa shape index (κ2) is 6.74. The van der Waals surface area contributed by atoms with E-state index < -0.39 is 11.6 Å². The predicted octanol–water partition coefficient (Wildman–Crippen LogP) is 4.14. The van der Waals surface area contributed by atoms with Crippen LogP contribution < -0.4 is 10.5 Å². The van der Waals surface area contributed by atoms with Gasteiger partial charge >= 0.3 is 0 Å². The zero-order valence-electron chi connectivity index (χ0n) is 15.6. The van der Waals surface area contributed by atoms with Crippen molar-refractivity contribution >= 4 is 22.5 Å². The Morgan fingerprint density at radius 1 is 1.14 bits per heavy atom. The lowest BCUT2D eigenvalue weighted by Gasteiger charge is -2.14. The molecule has 1 aliphatic heterocycles. The number of fused-ring (bicyclic) bond motifs is 2. The molecule has 28 heavy (non-hydrogen) atoms. The molecule has 1 aromatic heterocycles. The highest BCUT2D eigenvalue weighted by atomic mass is 19.1. The number of benzene rings is 2. The fourth-order valence-corrected chi connectivity index (χ4v) is 3.75. The van der Waals surface area contributed by atoms with Gasteiger partial charge in [0, 0.05) is 11.9 Å². The number of nitrogen functional groups attached to an aromatic ring is 1. The van der Waals surface area contributed by atoms with Gasteiger partial charge in [0.1, 0.15) is 17.4 Å². The van der Waals surface area contributed by atoms with Gasteiger partial charge in [0.2, 0.25) is 0 Å². The van der Waals surface area contributed by atoms with Gasteiger partial charge in [0.25, 0.3) is 5.91 Å². The molecule has 3 aromatic rings. The van der Waals surface area contributed by atoms with E-state index in [1.807, 2.05) is 6.92 Å². The molecular formula is C21H19F2N3O2. The summed E-state index contributed by atoms with van der Waals surface area (Å²) < 4.78 is 34.8. The van der Waals surface area contributed by atoms with E-state index in [9.17, 15) is 13.6 Å². The first-order chi connectivity index (χ1) is 13.5. The van der Waals surface area contributed by atoms with E-state index >= 15 is 0 Å². The Hall–Kier alpha value is -3.22. The lowest BCUT2D eigenvalue weighted by molar-refractivity contribution is 0.0779. The highest BCUT2D eigenvalue weighted by Gasteiger charge is 2.32. The van der Waals surface area contributed by atoms with Crippen LogP contribution in [0.4, 0.5) is 14.5 Å². The highest BCUT2D eigenvalue weighted by molar-refractivity contribution is 6.11. The lowest BCUT2D eigenvalue weighted by Crippen LogP contribution is -2.24. The quantitative estimate of drug-likeness (QED) is 0.735. The SMILES string of the molecule is CCCN1Cc2nc3c(-c4c(F)cccc4OC)c(F)ccc3c(N)c2C1=O. The molecule has 0 spiro atoms. The minimum atomic E-state index is -0.641. The summed E-state index contributed by atoms with van der Waals surface area (Å²) in [5, 5.41) is 0.409. The number of hydrogen-bond acceptors (Lipinski definition) is 4. The van der Waals surface area contributed by atoms with E-state index in [-0.39, 0.29) is 34.0 Å². The number of anilines is 1. The number of pyridine rings is 1. The molecule has 7 heteroatoms. The van der Waals surface area contributed by atoms with Gasteiger partial charge in [-0.2, -0.15) is 0 Å². The molecule has 2 aromatic carbocycles. The number of nitrogens with two attached hydrogens (primary N) is 1. The molecule has 5 nitrogen and oxygen atoms in total. The summed E-state index contributed by atoms with van der Waals surface area (Å²) in [7, 11) is 1.39. The lowest BCUT2D eigenvalue weighted by atomic mass is 9.97. The summed E-state index contributed by atoms with van der Waals surface area (Å²) in [6.07, 6.45) is 0.797. The normalized spacial score (nSPS) is 13.3. The van der Waals surface area contributed by atoms with Crippen molar-refractivity contribution in [2.24, 2.45) is 0 Å². The zero-order chi connectivity index (χ0) is 20.0. The molecular weight excluding hydrogens is 364 g/mol. The van der Waals surface area contributed by atoms with Crippen LogP contribution in [0.2, 0.25) is 0 Å². The van der Waals surface area contributed by atoms with E-state index in [0.717, 1.165) is 6.42 Å². The van der Waals surface area contributed by atoms with Crippen molar-refractivity contribution in [2.75, 3.05) is 19.4 Å². The smallest absolute Gasteiger partial charge is 0.258 e. The van der Waals surface area contributed by atoms with Gasteiger partial charge < -0.3 is 15.4 Å². The maximum absolute atomic E-state index is 14.9. The molecule has 0 bridgehead atoms. The Morgan fingerprint density at radius 3 is 2.61 bits per heavy atom. The number of aromatic nitrogens is 1. The Bertz CT molecular complexity index is 1110. The molecule has 0 radical (unpaired) electrons. The van der Waals surface area contributed by atoms with E-state index in [0.29, 0.717) is 29.7 Å². The summed E-state index contributed by atoms with van der Waals surface area (Å²) >= 11 is 0. The number of nitrogens with zero attached hydrogens (tertiary/aromatic N) is 2. The number of carbonyl (C=O) groups is 1. The van der Waals surface area contributed by atoms with Gasteiger partial charge in [-0.3, -0.25) is 4.79 Å². The Labute approximate surface area is 160 Å². The van der Waals surface area contributed by atoms with Gasteiger partial charge in [-0.25, -0.2) is 13.8 Å². The molecule has 0 saturated heterocycles. The number of amides is 1. The molecule has 1 amide bonds. The second-order valence-electron chi connectivity index (χ2n) is 6.71. The van der Waals surface area contributed by atoms with Crippen molar-refractivity contribution in [3.05, 3.63) is 53.2 Å². The second-order valence-corrected chi connectivity index (χ2v) is 6.71. The van der Waals surface area contributed by atoms with Crippen LogP contribution >= 0.6 is 0 Å².